The summed E-state index contributed by atoms with van der Waals surface area (Å²) in [5, 5.41) is 10.6. The van der Waals surface area contributed by atoms with E-state index in [9.17, 15) is 23.6 Å². The van der Waals surface area contributed by atoms with Crippen molar-refractivity contribution in [2.45, 2.75) is 0 Å². The Labute approximate surface area is 157 Å². The number of imide groups is 2. The van der Waals surface area contributed by atoms with E-state index < -0.39 is 36.2 Å². The third-order valence-corrected chi connectivity index (χ3v) is 3.75. The summed E-state index contributed by atoms with van der Waals surface area (Å²) < 4.78 is 19.0. The standard InChI is InChI=1S/C19H13FN2O6/c20-14-3-1-2-4-15(14)22-18(26)13(17(25)21-19(22)27)9-11-5-7-12(8-6-11)28-10-16(23)24/h1-9H,10H2,(H,23,24)(H,21,25,27). The molecule has 142 valence electrons. The van der Waals surface area contributed by atoms with Crippen molar-refractivity contribution in [1.82, 2.24) is 5.32 Å². The number of barbiturate groups is 1. The van der Waals surface area contributed by atoms with Crippen molar-refractivity contribution in [2.75, 3.05) is 11.5 Å². The van der Waals surface area contributed by atoms with Gasteiger partial charge in [0.1, 0.15) is 17.1 Å². The lowest BCUT2D eigenvalue weighted by Crippen LogP contribution is -2.54. The van der Waals surface area contributed by atoms with Gasteiger partial charge >= 0.3 is 12.0 Å². The first-order valence-electron chi connectivity index (χ1n) is 7.97. The van der Waals surface area contributed by atoms with E-state index in [2.05, 4.69) is 0 Å². The molecule has 0 unspecified atom stereocenters. The summed E-state index contributed by atoms with van der Waals surface area (Å²) >= 11 is 0. The molecule has 2 aromatic carbocycles. The quantitative estimate of drug-likeness (QED) is 0.602. The zero-order valence-corrected chi connectivity index (χ0v) is 14.2. The maximum atomic E-state index is 14.0. The van der Waals surface area contributed by atoms with Crippen molar-refractivity contribution in [3.05, 3.63) is 65.5 Å². The average molecular weight is 384 g/mol. The molecule has 4 amide bonds. The Morgan fingerprint density at radius 1 is 1.11 bits per heavy atom. The SMILES string of the molecule is O=C(O)COc1ccc(C=C2C(=O)NC(=O)N(c3ccccc3F)C2=O)cc1. The number of carboxylic acids is 1. The van der Waals surface area contributed by atoms with Crippen molar-refractivity contribution < 1.29 is 33.4 Å². The minimum atomic E-state index is -1.13. The minimum absolute atomic E-state index is 0.277. The van der Waals surface area contributed by atoms with E-state index in [1.54, 1.807) is 0 Å². The van der Waals surface area contributed by atoms with Crippen molar-refractivity contribution in [2.24, 2.45) is 0 Å². The summed E-state index contributed by atoms with van der Waals surface area (Å²) in [5.74, 6) is -3.51. The van der Waals surface area contributed by atoms with Crippen LogP contribution >= 0.6 is 0 Å². The van der Waals surface area contributed by atoms with E-state index >= 15 is 0 Å². The number of carboxylic acid groups (broad SMARTS) is 1. The van der Waals surface area contributed by atoms with Gasteiger partial charge in [-0.05, 0) is 35.9 Å². The van der Waals surface area contributed by atoms with Gasteiger partial charge in [0.2, 0.25) is 0 Å². The molecule has 9 heteroatoms. The number of urea groups is 1. The topological polar surface area (TPSA) is 113 Å². The van der Waals surface area contributed by atoms with Crippen LogP contribution in [0.25, 0.3) is 6.08 Å². The van der Waals surface area contributed by atoms with Crippen molar-refractivity contribution in [3.63, 3.8) is 0 Å². The number of benzene rings is 2. The summed E-state index contributed by atoms with van der Waals surface area (Å²) in [6, 6.07) is 10.1. The molecule has 8 nitrogen and oxygen atoms in total. The van der Waals surface area contributed by atoms with Crippen LogP contribution < -0.4 is 15.0 Å². The van der Waals surface area contributed by atoms with Crippen LogP contribution in [0.3, 0.4) is 0 Å². The van der Waals surface area contributed by atoms with Crippen LogP contribution in [0, 0.1) is 5.82 Å². The number of para-hydroxylation sites is 1. The maximum absolute atomic E-state index is 14.0. The summed E-state index contributed by atoms with van der Waals surface area (Å²) in [5.41, 5.74) is -0.216. The maximum Gasteiger partial charge on any atom is 0.341 e. The molecule has 3 rings (SSSR count). The van der Waals surface area contributed by atoms with Crippen LogP contribution in [0.2, 0.25) is 0 Å². The third kappa shape index (κ3) is 3.88. The largest absolute Gasteiger partial charge is 0.482 e. The molecule has 28 heavy (non-hydrogen) atoms. The molecule has 2 aromatic rings. The van der Waals surface area contributed by atoms with Gasteiger partial charge in [-0.15, -0.1) is 0 Å². The third-order valence-electron chi connectivity index (χ3n) is 3.75. The molecule has 0 atom stereocenters. The molecule has 0 aromatic heterocycles. The summed E-state index contributed by atoms with van der Waals surface area (Å²) in [7, 11) is 0. The molecular formula is C19H13FN2O6. The van der Waals surface area contributed by atoms with Crippen LogP contribution in [0.15, 0.2) is 54.1 Å². The van der Waals surface area contributed by atoms with E-state index in [-0.39, 0.29) is 17.0 Å². The number of carbonyl (C=O) groups excluding carboxylic acids is 3. The number of nitrogens with one attached hydrogen (secondary N) is 1. The van der Waals surface area contributed by atoms with Crippen molar-refractivity contribution in [1.29, 1.82) is 0 Å². The van der Waals surface area contributed by atoms with Gasteiger partial charge in [0.25, 0.3) is 11.8 Å². The van der Waals surface area contributed by atoms with Crippen molar-refractivity contribution >= 4 is 35.6 Å². The second-order valence-corrected chi connectivity index (χ2v) is 5.66. The first-order valence-corrected chi connectivity index (χ1v) is 7.97. The fourth-order valence-corrected chi connectivity index (χ4v) is 2.48. The second kappa shape index (κ2) is 7.70. The number of nitrogens with zero attached hydrogens (tertiary/aromatic N) is 1. The Balaban J connectivity index is 1.89. The molecule has 0 spiro atoms. The monoisotopic (exact) mass is 384 g/mol. The van der Waals surface area contributed by atoms with Gasteiger partial charge in [-0.25, -0.2) is 18.9 Å². The molecule has 0 radical (unpaired) electrons. The number of carbonyl (C=O) groups is 4. The van der Waals surface area contributed by atoms with E-state index in [0.717, 1.165) is 6.07 Å². The van der Waals surface area contributed by atoms with E-state index in [0.29, 0.717) is 10.5 Å². The zero-order chi connectivity index (χ0) is 20.3. The number of aliphatic carboxylic acids is 1. The molecule has 1 aliphatic heterocycles. The molecule has 2 N–H and O–H groups in total. The number of anilines is 1. The number of ether oxygens (including phenoxy) is 1. The molecule has 1 saturated heterocycles. The molecule has 0 saturated carbocycles. The van der Waals surface area contributed by atoms with Gasteiger partial charge in [0, 0.05) is 0 Å². The summed E-state index contributed by atoms with van der Waals surface area (Å²) in [4.78, 5) is 47.9. The van der Waals surface area contributed by atoms with Crippen LogP contribution in [0.4, 0.5) is 14.9 Å². The van der Waals surface area contributed by atoms with E-state index in [1.165, 1.54) is 48.5 Å². The lowest BCUT2D eigenvalue weighted by atomic mass is 10.1. The molecule has 1 fully saturated rings. The first-order chi connectivity index (χ1) is 13.4. The Hall–Kier alpha value is -4.01. The van der Waals surface area contributed by atoms with Crippen LogP contribution in [-0.2, 0) is 14.4 Å². The van der Waals surface area contributed by atoms with Gasteiger partial charge in [-0.1, -0.05) is 24.3 Å². The number of halogens is 1. The van der Waals surface area contributed by atoms with E-state index in [1.807, 2.05) is 5.32 Å². The smallest absolute Gasteiger partial charge is 0.341 e. The van der Waals surface area contributed by atoms with E-state index in [4.69, 9.17) is 9.84 Å². The number of amides is 4. The van der Waals surface area contributed by atoms with Gasteiger partial charge < -0.3 is 9.84 Å². The first kappa shape index (κ1) is 18.8. The highest BCUT2D eigenvalue weighted by molar-refractivity contribution is 6.39. The summed E-state index contributed by atoms with van der Waals surface area (Å²) in [6.07, 6.45) is 1.24. The molecule has 1 heterocycles. The number of hydrogen-bond acceptors (Lipinski definition) is 5. The van der Waals surface area contributed by atoms with Crippen LogP contribution in [0.5, 0.6) is 5.75 Å². The Morgan fingerprint density at radius 3 is 2.43 bits per heavy atom. The van der Waals surface area contributed by atoms with Crippen molar-refractivity contribution in [3.8, 4) is 5.75 Å². The van der Waals surface area contributed by atoms with Gasteiger partial charge in [-0.2, -0.15) is 0 Å². The lowest BCUT2D eigenvalue weighted by Gasteiger charge is -2.26. The van der Waals surface area contributed by atoms with Crippen LogP contribution in [-0.4, -0.2) is 35.5 Å². The number of rotatable bonds is 5. The number of hydrogen-bond donors (Lipinski definition) is 2. The average Bonchev–Trinajstić information content (AvgIpc) is 2.65. The second-order valence-electron chi connectivity index (χ2n) is 5.66. The van der Waals surface area contributed by atoms with Gasteiger partial charge in [0.15, 0.2) is 6.61 Å². The molecule has 1 aliphatic rings. The Kier molecular flexibility index (Phi) is 5.16. The normalized spacial score (nSPS) is 15.5. The fraction of sp³-hybridized carbons (Fsp3) is 0.0526. The highest BCUT2D eigenvalue weighted by atomic mass is 19.1. The highest BCUT2D eigenvalue weighted by Crippen LogP contribution is 2.24. The summed E-state index contributed by atoms with van der Waals surface area (Å²) in [6.45, 7) is -0.513. The molecule has 0 aliphatic carbocycles. The van der Waals surface area contributed by atoms with Gasteiger partial charge in [0.05, 0.1) is 5.69 Å². The highest BCUT2D eigenvalue weighted by Gasteiger charge is 2.37. The Morgan fingerprint density at radius 2 is 1.79 bits per heavy atom. The Bertz CT molecular complexity index is 1000. The molecule has 0 bridgehead atoms. The van der Waals surface area contributed by atoms with Crippen LogP contribution in [0.1, 0.15) is 5.56 Å². The zero-order valence-electron chi connectivity index (χ0n) is 14.2. The fourth-order valence-electron chi connectivity index (χ4n) is 2.48. The molecular weight excluding hydrogens is 371 g/mol. The predicted molar refractivity (Wildman–Crippen MR) is 95.0 cm³/mol. The minimum Gasteiger partial charge on any atom is -0.482 e. The predicted octanol–water partition coefficient (Wildman–Crippen LogP) is 1.96. The van der Waals surface area contributed by atoms with Gasteiger partial charge in [-0.3, -0.25) is 14.9 Å². The lowest BCUT2D eigenvalue weighted by molar-refractivity contribution is -0.139.